The lowest BCUT2D eigenvalue weighted by Crippen LogP contribution is -2.40. The highest BCUT2D eigenvalue weighted by molar-refractivity contribution is 5.91. The molecule has 7 heteroatoms. The molecule has 2 N–H and O–H groups in total. The zero-order valence-corrected chi connectivity index (χ0v) is 14.2. The number of nitrogens with zero attached hydrogens (tertiary/aromatic N) is 3. The zero-order chi connectivity index (χ0) is 17.7. The van der Waals surface area contributed by atoms with Crippen LogP contribution in [0.5, 0.6) is 0 Å². The van der Waals surface area contributed by atoms with Gasteiger partial charge in [-0.15, -0.1) is 0 Å². The third kappa shape index (κ3) is 2.62. The smallest absolute Gasteiger partial charge is 0.183 e. The predicted molar refractivity (Wildman–Crippen MR) is 94.5 cm³/mol. The molecule has 3 heterocycles. The number of aromatic amines is 1. The Hall–Kier alpha value is -2.57. The lowest BCUT2D eigenvalue weighted by atomic mass is 9.68. The van der Waals surface area contributed by atoms with Crippen LogP contribution >= 0.6 is 0 Å². The molecule has 6 rings (SSSR count). The molecular weight excluding hydrogens is 336 g/mol. The number of rotatable bonds is 3. The Balaban J connectivity index is 1.49. The summed E-state index contributed by atoms with van der Waals surface area (Å²) in [4.78, 5) is 15.5. The number of aromatic nitrogens is 4. The van der Waals surface area contributed by atoms with Crippen molar-refractivity contribution in [3.8, 4) is 11.4 Å². The molecule has 0 aliphatic heterocycles. The highest BCUT2D eigenvalue weighted by Crippen LogP contribution is 2.42. The van der Waals surface area contributed by atoms with Crippen LogP contribution in [-0.2, 0) is 0 Å². The number of hydrogen-bond acceptors (Lipinski definition) is 4. The number of halogens is 2. The molecule has 3 aromatic rings. The van der Waals surface area contributed by atoms with Gasteiger partial charge in [0, 0.05) is 23.2 Å². The van der Waals surface area contributed by atoms with Crippen LogP contribution in [0.4, 0.5) is 14.6 Å². The van der Waals surface area contributed by atoms with Crippen LogP contribution in [0.1, 0.15) is 32.1 Å². The molecule has 0 amide bonds. The second-order valence-electron chi connectivity index (χ2n) is 7.41. The first-order chi connectivity index (χ1) is 12.7. The lowest BCUT2D eigenvalue weighted by Gasteiger charge is -2.42. The number of pyridine rings is 1. The molecule has 0 spiro atoms. The maximum Gasteiger partial charge on any atom is 0.183 e. The molecule has 3 aliphatic rings. The Morgan fingerprint density at radius 2 is 1.92 bits per heavy atom. The number of fused-ring (bicyclic) bond motifs is 4. The number of anilines is 1. The molecular formula is C19H19F2N5. The van der Waals surface area contributed by atoms with E-state index < -0.39 is 11.6 Å². The van der Waals surface area contributed by atoms with Crippen molar-refractivity contribution in [2.45, 2.75) is 38.1 Å². The highest BCUT2D eigenvalue weighted by atomic mass is 19.1. The average Bonchev–Trinajstić information content (AvgIpc) is 3.07. The van der Waals surface area contributed by atoms with Gasteiger partial charge in [-0.2, -0.15) is 0 Å². The second kappa shape index (κ2) is 6.00. The fourth-order valence-corrected chi connectivity index (χ4v) is 4.49. The molecule has 3 aromatic heterocycles. The van der Waals surface area contributed by atoms with Crippen molar-refractivity contribution in [3.63, 3.8) is 0 Å². The third-order valence-electron chi connectivity index (χ3n) is 5.85. The summed E-state index contributed by atoms with van der Waals surface area (Å²) >= 11 is 0. The molecule has 0 radical (unpaired) electrons. The number of hydrogen-bond donors (Lipinski definition) is 2. The molecule has 2 bridgehead atoms. The summed E-state index contributed by atoms with van der Waals surface area (Å²) in [6.45, 7) is 0. The molecule has 3 aliphatic carbocycles. The monoisotopic (exact) mass is 355 g/mol. The van der Waals surface area contributed by atoms with Gasteiger partial charge in [-0.3, -0.25) is 0 Å². The summed E-state index contributed by atoms with van der Waals surface area (Å²) in [6, 6.07) is 1.65. The van der Waals surface area contributed by atoms with Crippen LogP contribution < -0.4 is 5.32 Å². The van der Waals surface area contributed by atoms with Gasteiger partial charge in [-0.05, 0) is 37.2 Å². The normalized spacial score (nSPS) is 24.9. The molecule has 26 heavy (non-hydrogen) atoms. The summed E-state index contributed by atoms with van der Waals surface area (Å²) in [5.74, 6) is 1.02. The molecule has 5 nitrogen and oxygen atoms in total. The van der Waals surface area contributed by atoms with Crippen LogP contribution in [0, 0.1) is 23.5 Å². The van der Waals surface area contributed by atoms with E-state index in [1.807, 2.05) is 0 Å². The molecule has 3 fully saturated rings. The minimum absolute atomic E-state index is 0.228. The van der Waals surface area contributed by atoms with Gasteiger partial charge in [-0.1, -0.05) is 12.8 Å². The fourth-order valence-electron chi connectivity index (χ4n) is 4.49. The van der Waals surface area contributed by atoms with Crippen molar-refractivity contribution in [2.24, 2.45) is 11.8 Å². The molecule has 0 aromatic carbocycles. The van der Waals surface area contributed by atoms with Crippen LogP contribution in [0.25, 0.3) is 22.4 Å². The Labute approximate surface area is 149 Å². The van der Waals surface area contributed by atoms with E-state index in [2.05, 4.69) is 25.3 Å². The van der Waals surface area contributed by atoms with E-state index in [1.165, 1.54) is 37.9 Å². The van der Waals surface area contributed by atoms with E-state index in [0.717, 1.165) is 18.5 Å². The summed E-state index contributed by atoms with van der Waals surface area (Å²) in [5, 5.41) is 3.90. The van der Waals surface area contributed by atoms with Gasteiger partial charge in [0.15, 0.2) is 17.5 Å². The van der Waals surface area contributed by atoms with Gasteiger partial charge >= 0.3 is 0 Å². The van der Waals surface area contributed by atoms with Gasteiger partial charge in [0.2, 0.25) is 0 Å². The van der Waals surface area contributed by atoms with E-state index >= 15 is 0 Å². The van der Waals surface area contributed by atoms with Gasteiger partial charge in [-0.25, -0.2) is 23.7 Å². The average molecular weight is 355 g/mol. The van der Waals surface area contributed by atoms with Crippen molar-refractivity contribution >= 4 is 16.9 Å². The first-order valence-corrected chi connectivity index (χ1v) is 9.09. The standard InChI is InChI=1S/C19H19F2N5/c20-12-6-13-14(8-23-17(13)22-7-12)18-24-9-15(21)19(26-18)25-16-5-10-1-3-11(16)4-2-10/h6-11,16H,1-5H2,(H,22,23)(H,24,25,26)/t10?,11?,16-/m1/s1. The zero-order valence-electron chi connectivity index (χ0n) is 14.2. The summed E-state index contributed by atoms with van der Waals surface area (Å²) < 4.78 is 27.9. The fraction of sp³-hybridized carbons (Fsp3) is 0.421. The van der Waals surface area contributed by atoms with Crippen LogP contribution in [0.2, 0.25) is 0 Å². The summed E-state index contributed by atoms with van der Waals surface area (Å²) in [7, 11) is 0. The number of nitrogens with one attached hydrogen (secondary N) is 2. The van der Waals surface area contributed by atoms with Crippen molar-refractivity contribution in [3.05, 3.63) is 36.3 Å². The van der Waals surface area contributed by atoms with E-state index in [0.29, 0.717) is 28.3 Å². The van der Waals surface area contributed by atoms with E-state index in [9.17, 15) is 8.78 Å². The number of H-pyrrole nitrogens is 1. The molecule has 0 unspecified atom stereocenters. The van der Waals surface area contributed by atoms with Gasteiger partial charge < -0.3 is 10.3 Å². The molecule has 0 saturated heterocycles. The largest absolute Gasteiger partial charge is 0.364 e. The van der Waals surface area contributed by atoms with Crippen molar-refractivity contribution < 1.29 is 8.78 Å². The van der Waals surface area contributed by atoms with Crippen molar-refractivity contribution in [1.82, 2.24) is 19.9 Å². The maximum atomic E-state index is 14.3. The second-order valence-corrected chi connectivity index (χ2v) is 7.41. The third-order valence-corrected chi connectivity index (χ3v) is 5.85. The van der Waals surface area contributed by atoms with Gasteiger partial charge in [0.05, 0.1) is 12.4 Å². The Morgan fingerprint density at radius 1 is 1.08 bits per heavy atom. The highest BCUT2D eigenvalue weighted by Gasteiger charge is 2.36. The first-order valence-electron chi connectivity index (χ1n) is 9.09. The Bertz CT molecular complexity index is 962. The van der Waals surface area contributed by atoms with Crippen molar-refractivity contribution in [1.29, 1.82) is 0 Å². The molecule has 3 saturated carbocycles. The minimum atomic E-state index is -0.459. The topological polar surface area (TPSA) is 66.5 Å². The van der Waals surface area contributed by atoms with Crippen LogP contribution in [0.15, 0.2) is 24.7 Å². The predicted octanol–water partition coefficient (Wildman–Crippen LogP) is 4.29. The summed E-state index contributed by atoms with van der Waals surface area (Å²) in [5.41, 5.74) is 1.16. The maximum absolute atomic E-state index is 14.3. The quantitative estimate of drug-likeness (QED) is 0.736. The van der Waals surface area contributed by atoms with E-state index in [1.54, 1.807) is 6.20 Å². The van der Waals surface area contributed by atoms with Crippen LogP contribution in [0.3, 0.4) is 0 Å². The summed E-state index contributed by atoms with van der Waals surface area (Å²) in [6.07, 6.45) is 10.1. The van der Waals surface area contributed by atoms with E-state index in [-0.39, 0.29) is 11.9 Å². The van der Waals surface area contributed by atoms with E-state index in [4.69, 9.17) is 0 Å². The SMILES string of the molecule is Fc1cnc2[nH]cc(-c3ncc(F)c(N[C@@H]4CC5CCC4CC5)n3)c2c1. The molecule has 134 valence electrons. The first kappa shape index (κ1) is 15.7. The van der Waals surface area contributed by atoms with Crippen molar-refractivity contribution in [2.75, 3.05) is 5.32 Å². The Morgan fingerprint density at radius 3 is 2.69 bits per heavy atom. The lowest BCUT2D eigenvalue weighted by molar-refractivity contribution is 0.157. The Kier molecular flexibility index (Phi) is 3.62. The van der Waals surface area contributed by atoms with Crippen LogP contribution in [-0.4, -0.2) is 26.0 Å². The van der Waals surface area contributed by atoms with Gasteiger partial charge in [0.25, 0.3) is 0 Å². The minimum Gasteiger partial charge on any atom is -0.364 e. The van der Waals surface area contributed by atoms with Gasteiger partial charge in [0.1, 0.15) is 11.5 Å². The molecule has 1 atom stereocenters.